The van der Waals surface area contributed by atoms with Crippen LogP contribution in [-0.2, 0) is 22.8 Å². The lowest BCUT2D eigenvalue weighted by Crippen LogP contribution is -2.27. The Balaban J connectivity index is 1.77. The quantitative estimate of drug-likeness (QED) is 0.835. The number of aromatic nitrogens is 2. The van der Waals surface area contributed by atoms with E-state index in [1.807, 2.05) is 6.20 Å². The summed E-state index contributed by atoms with van der Waals surface area (Å²) in [6, 6.07) is 0. The van der Waals surface area contributed by atoms with Crippen LogP contribution in [0.1, 0.15) is 50.0 Å². The molecule has 3 rings (SSSR count). The average molecular weight is 282 g/mol. The third-order valence-corrected chi connectivity index (χ3v) is 6.41. The fourth-order valence-corrected chi connectivity index (χ4v) is 5.26. The Hall–Kier alpha value is -0.840. The molecule has 0 bridgehead atoms. The second kappa shape index (κ2) is 4.93. The maximum absolute atomic E-state index is 11.7. The molecule has 0 radical (unpaired) electrons. The van der Waals surface area contributed by atoms with Crippen LogP contribution >= 0.6 is 0 Å². The Labute approximate surface area is 115 Å². The van der Waals surface area contributed by atoms with Gasteiger partial charge in [-0.3, -0.25) is 0 Å². The molecule has 0 spiro atoms. The molecular weight excluding hydrogens is 260 g/mol. The van der Waals surface area contributed by atoms with Crippen LogP contribution in [0, 0.1) is 5.92 Å². The second-order valence-corrected chi connectivity index (χ2v) is 8.35. The van der Waals surface area contributed by atoms with Gasteiger partial charge in [0, 0.05) is 24.9 Å². The van der Waals surface area contributed by atoms with Crippen molar-refractivity contribution >= 4 is 9.84 Å². The normalized spacial score (nSPS) is 29.9. The largest absolute Gasteiger partial charge is 0.332 e. The number of nitrogens with zero attached hydrogens (tertiary/aromatic N) is 2. The van der Waals surface area contributed by atoms with Gasteiger partial charge in [0.25, 0.3) is 0 Å². The van der Waals surface area contributed by atoms with Gasteiger partial charge in [-0.15, -0.1) is 0 Å². The van der Waals surface area contributed by atoms with Gasteiger partial charge in [0.05, 0.1) is 11.5 Å². The highest BCUT2D eigenvalue weighted by Crippen LogP contribution is 2.29. The molecule has 1 saturated heterocycles. The van der Waals surface area contributed by atoms with Crippen molar-refractivity contribution in [3.05, 3.63) is 17.7 Å². The summed E-state index contributed by atoms with van der Waals surface area (Å²) < 4.78 is 25.7. The monoisotopic (exact) mass is 282 g/mol. The van der Waals surface area contributed by atoms with E-state index in [2.05, 4.69) is 16.5 Å². The zero-order valence-electron chi connectivity index (χ0n) is 11.5. The van der Waals surface area contributed by atoms with Crippen LogP contribution < -0.4 is 0 Å². The van der Waals surface area contributed by atoms with Gasteiger partial charge in [0.15, 0.2) is 9.84 Å². The molecule has 2 unspecified atom stereocenters. The van der Waals surface area contributed by atoms with Crippen molar-refractivity contribution in [3.8, 4) is 0 Å². The summed E-state index contributed by atoms with van der Waals surface area (Å²) in [5, 5.41) is 0. The summed E-state index contributed by atoms with van der Waals surface area (Å²) in [5.74, 6) is 2.68. The number of rotatable bonds is 2. The number of hydrogen-bond donors (Lipinski definition) is 0. The maximum atomic E-state index is 11.7. The van der Waals surface area contributed by atoms with Crippen molar-refractivity contribution in [2.75, 3.05) is 11.5 Å². The van der Waals surface area contributed by atoms with Crippen LogP contribution in [-0.4, -0.2) is 29.5 Å². The van der Waals surface area contributed by atoms with Crippen molar-refractivity contribution < 1.29 is 8.42 Å². The number of fused-ring (bicyclic) bond motifs is 1. The van der Waals surface area contributed by atoms with Crippen molar-refractivity contribution in [1.29, 1.82) is 0 Å². The average Bonchev–Trinajstić information content (AvgIpc) is 2.73. The van der Waals surface area contributed by atoms with E-state index < -0.39 is 9.84 Å². The molecule has 5 heteroatoms. The maximum Gasteiger partial charge on any atom is 0.150 e. The second-order valence-electron chi connectivity index (χ2n) is 6.12. The van der Waals surface area contributed by atoms with Gasteiger partial charge in [-0.2, -0.15) is 0 Å². The minimum atomic E-state index is -2.80. The molecular formula is C14H22N2O2S. The molecule has 106 valence electrons. The van der Waals surface area contributed by atoms with Gasteiger partial charge in [0.2, 0.25) is 0 Å². The summed E-state index contributed by atoms with van der Waals surface area (Å²) in [5.41, 5.74) is 1.33. The Morgan fingerprint density at radius 1 is 1.37 bits per heavy atom. The highest BCUT2D eigenvalue weighted by molar-refractivity contribution is 7.91. The standard InChI is InChI=1S/C14H22N2O2S/c1-11-4-2-6-16-13(11)9-15-14(16)8-12-5-3-7-19(17,18)10-12/h9,11-12H,2-8,10H2,1H3. The van der Waals surface area contributed by atoms with Gasteiger partial charge >= 0.3 is 0 Å². The third kappa shape index (κ3) is 2.71. The summed E-state index contributed by atoms with van der Waals surface area (Å²) >= 11 is 0. The van der Waals surface area contributed by atoms with Crippen molar-refractivity contribution in [2.45, 2.75) is 51.5 Å². The van der Waals surface area contributed by atoms with Crippen LogP contribution in [0.25, 0.3) is 0 Å². The van der Waals surface area contributed by atoms with Crippen molar-refractivity contribution in [1.82, 2.24) is 9.55 Å². The minimum absolute atomic E-state index is 0.266. The predicted molar refractivity (Wildman–Crippen MR) is 75.0 cm³/mol. The predicted octanol–water partition coefficient (Wildman–Crippen LogP) is 2.15. The minimum Gasteiger partial charge on any atom is -0.332 e. The first-order valence-electron chi connectivity index (χ1n) is 7.30. The molecule has 1 aromatic rings. The smallest absolute Gasteiger partial charge is 0.150 e. The first kappa shape index (κ1) is 13.2. The van der Waals surface area contributed by atoms with Gasteiger partial charge < -0.3 is 4.57 Å². The van der Waals surface area contributed by atoms with Gasteiger partial charge in [-0.1, -0.05) is 6.92 Å². The molecule has 1 fully saturated rings. The molecule has 0 saturated carbocycles. The molecule has 19 heavy (non-hydrogen) atoms. The van der Waals surface area contributed by atoms with E-state index in [1.54, 1.807) is 0 Å². The van der Waals surface area contributed by atoms with E-state index in [9.17, 15) is 8.42 Å². The molecule has 0 aliphatic carbocycles. The fraction of sp³-hybridized carbons (Fsp3) is 0.786. The van der Waals surface area contributed by atoms with Gasteiger partial charge in [-0.25, -0.2) is 13.4 Å². The summed E-state index contributed by atoms with van der Waals surface area (Å²) in [4.78, 5) is 4.56. The Bertz CT molecular complexity index is 562. The number of hydrogen-bond acceptors (Lipinski definition) is 3. The molecule has 2 atom stereocenters. The highest BCUT2D eigenvalue weighted by Gasteiger charge is 2.27. The van der Waals surface area contributed by atoms with E-state index >= 15 is 0 Å². The first-order chi connectivity index (χ1) is 9.05. The fourth-order valence-electron chi connectivity index (χ4n) is 3.48. The Morgan fingerprint density at radius 3 is 3.00 bits per heavy atom. The van der Waals surface area contributed by atoms with Crippen LogP contribution in [0.15, 0.2) is 6.20 Å². The highest BCUT2D eigenvalue weighted by atomic mass is 32.2. The topological polar surface area (TPSA) is 52.0 Å². The van der Waals surface area contributed by atoms with Crippen LogP contribution in [0.4, 0.5) is 0 Å². The molecule has 1 aromatic heterocycles. The summed E-state index contributed by atoms with van der Waals surface area (Å²) in [7, 11) is -2.80. The van der Waals surface area contributed by atoms with Crippen LogP contribution in [0.2, 0.25) is 0 Å². The molecule has 0 amide bonds. The lowest BCUT2D eigenvalue weighted by molar-refractivity contribution is 0.432. The molecule has 0 N–H and O–H groups in total. The van der Waals surface area contributed by atoms with Crippen LogP contribution in [0.5, 0.6) is 0 Å². The van der Waals surface area contributed by atoms with E-state index in [1.165, 1.54) is 18.5 Å². The Kier molecular flexibility index (Phi) is 3.41. The summed E-state index contributed by atoms with van der Waals surface area (Å²) in [6.07, 6.45) is 7.11. The first-order valence-corrected chi connectivity index (χ1v) is 9.12. The number of sulfone groups is 1. The molecule has 0 aromatic carbocycles. The van der Waals surface area contributed by atoms with E-state index in [0.717, 1.165) is 31.6 Å². The Morgan fingerprint density at radius 2 is 2.21 bits per heavy atom. The lowest BCUT2D eigenvalue weighted by Gasteiger charge is -2.25. The zero-order valence-corrected chi connectivity index (χ0v) is 12.3. The molecule has 2 aliphatic rings. The molecule has 4 nitrogen and oxygen atoms in total. The van der Waals surface area contributed by atoms with Gasteiger partial charge in [0.1, 0.15) is 5.82 Å². The third-order valence-electron chi connectivity index (χ3n) is 4.52. The van der Waals surface area contributed by atoms with Crippen LogP contribution in [0.3, 0.4) is 0 Å². The van der Waals surface area contributed by atoms with Crippen molar-refractivity contribution in [2.24, 2.45) is 5.92 Å². The van der Waals surface area contributed by atoms with E-state index in [-0.39, 0.29) is 5.92 Å². The summed E-state index contributed by atoms with van der Waals surface area (Å²) in [6.45, 7) is 3.30. The van der Waals surface area contributed by atoms with Crippen molar-refractivity contribution in [3.63, 3.8) is 0 Å². The molecule has 2 aliphatic heterocycles. The number of imidazole rings is 1. The van der Waals surface area contributed by atoms with Gasteiger partial charge in [-0.05, 0) is 37.5 Å². The van der Waals surface area contributed by atoms with E-state index in [0.29, 0.717) is 17.4 Å². The zero-order chi connectivity index (χ0) is 13.5. The van der Waals surface area contributed by atoms with E-state index in [4.69, 9.17) is 0 Å². The molecule has 3 heterocycles. The lowest BCUT2D eigenvalue weighted by atomic mass is 9.97. The SMILES string of the molecule is CC1CCCn2c1cnc2CC1CCCS(=O)(=O)C1.